The first-order chi connectivity index (χ1) is 9.74. The summed E-state index contributed by atoms with van der Waals surface area (Å²) in [7, 11) is -3.87. The molecule has 112 valence electrons. The van der Waals surface area contributed by atoms with E-state index in [1.807, 2.05) is 0 Å². The molecule has 3 N–H and O–H groups in total. The number of anilines is 2. The zero-order chi connectivity index (χ0) is 15.8. The van der Waals surface area contributed by atoms with Crippen molar-refractivity contribution < 1.29 is 12.8 Å². The molecule has 0 aliphatic carbocycles. The van der Waals surface area contributed by atoms with Gasteiger partial charge < -0.3 is 5.73 Å². The third kappa shape index (κ3) is 2.82. The van der Waals surface area contributed by atoms with Crippen LogP contribution in [0.15, 0.2) is 29.3 Å². The average Bonchev–Trinajstić information content (AvgIpc) is 2.38. The van der Waals surface area contributed by atoms with Crippen LogP contribution in [0.5, 0.6) is 0 Å². The molecule has 0 saturated heterocycles. The largest absolute Gasteiger partial charge is 0.396 e. The molecule has 1 aromatic heterocycles. The van der Waals surface area contributed by atoms with Crippen molar-refractivity contribution in [1.29, 1.82) is 0 Å². The molecule has 2 aromatic rings. The van der Waals surface area contributed by atoms with Crippen LogP contribution in [0, 0.1) is 26.6 Å². The van der Waals surface area contributed by atoms with Gasteiger partial charge in [0.15, 0.2) is 0 Å². The number of nitrogen functional groups attached to an aromatic ring is 1. The van der Waals surface area contributed by atoms with Gasteiger partial charge in [-0.2, -0.15) is 0 Å². The minimum absolute atomic E-state index is 0.00958. The molecule has 5 nitrogen and oxygen atoms in total. The molecule has 0 unspecified atom stereocenters. The fourth-order valence-electron chi connectivity index (χ4n) is 2.13. The highest BCUT2D eigenvalue weighted by Gasteiger charge is 2.23. The third-order valence-corrected chi connectivity index (χ3v) is 4.88. The molecule has 0 saturated carbocycles. The smallest absolute Gasteiger partial charge is 0.262 e. The molecule has 0 bridgehead atoms. The standard InChI is InChI=1S/C14H16FN3O2S/c1-8-7-11(15)13(16)9(2)14(8)21(19,20)18-12-5-4-6-17-10(12)3/h4-7,18H,16H2,1-3H3. The maximum absolute atomic E-state index is 13.5. The second kappa shape index (κ2) is 5.33. The van der Waals surface area contributed by atoms with E-state index >= 15 is 0 Å². The average molecular weight is 309 g/mol. The van der Waals surface area contributed by atoms with Gasteiger partial charge in [-0.3, -0.25) is 9.71 Å². The topological polar surface area (TPSA) is 85.1 Å². The summed E-state index contributed by atoms with van der Waals surface area (Å²) in [5.74, 6) is -0.624. The lowest BCUT2D eigenvalue weighted by molar-refractivity contribution is 0.598. The number of aromatic nitrogens is 1. The van der Waals surface area contributed by atoms with E-state index < -0.39 is 15.8 Å². The molecule has 0 fully saturated rings. The normalized spacial score (nSPS) is 11.4. The van der Waals surface area contributed by atoms with E-state index in [9.17, 15) is 12.8 Å². The lowest BCUT2D eigenvalue weighted by Crippen LogP contribution is -2.18. The van der Waals surface area contributed by atoms with Gasteiger partial charge >= 0.3 is 0 Å². The number of nitrogens with zero attached hydrogens (tertiary/aromatic N) is 1. The number of sulfonamides is 1. The van der Waals surface area contributed by atoms with Crippen molar-refractivity contribution in [1.82, 2.24) is 4.98 Å². The first-order valence-corrected chi connectivity index (χ1v) is 7.72. The van der Waals surface area contributed by atoms with Crippen molar-refractivity contribution >= 4 is 21.4 Å². The molecule has 0 aliphatic heterocycles. The second-order valence-corrected chi connectivity index (χ2v) is 6.40. The molecular weight excluding hydrogens is 293 g/mol. The summed E-state index contributed by atoms with van der Waals surface area (Å²) in [4.78, 5) is 4.01. The molecule has 0 amide bonds. The maximum atomic E-state index is 13.5. The van der Waals surface area contributed by atoms with Gasteiger partial charge in [0.1, 0.15) is 5.82 Å². The number of nitrogens with two attached hydrogens (primary N) is 1. The molecule has 0 atom stereocenters. The molecule has 0 aliphatic rings. The molecule has 1 heterocycles. The lowest BCUT2D eigenvalue weighted by Gasteiger charge is -2.15. The summed E-state index contributed by atoms with van der Waals surface area (Å²) >= 11 is 0. The van der Waals surface area contributed by atoms with Crippen LogP contribution in [0.4, 0.5) is 15.8 Å². The van der Waals surface area contributed by atoms with Gasteiger partial charge in [-0.1, -0.05) is 0 Å². The van der Waals surface area contributed by atoms with Crippen LogP contribution < -0.4 is 10.5 Å². The van der Waals surface area contributed by atoms with E-state index in [0.29, 0.717) is 16.9 Å². The highest BCUT2D eigenvalue weighted by molar-refractivity contribution is 7.92. The highest BCUT2D eigenvalue weighted by atomic mass is 32.2. The van der Waals surface area contributed by atoms with Crippen LogP contribution in [0.2, 0.25) is 0 Å². The van der Waals surface area contributed by atoms with Crippen LogP contribution in [0.1, 0.15) is 16.8 Å². The summed E-state index contributed by atoms with van der Waals surface area (Å²) in [5, 5.41) is 0. The zero-order valence-corrected chi connectivity index (χ0v) is 12.8. The third-order valence-electron chi connectivity index (χ3n) is 3.22. The number of pyridine rings is 1. The number of hydrogen-bond donors (Lipinski definition) is 2. The molecule has 21 heavy (non-hydrogen) atoms. The van der Waals surface area contributed by atoms with Crippen molar-refractivity contribution in [3.05, 3.63) is 47.0 Å². The van der Waals surface area contributed by atoms with Gasteiger partial charge in [0.2, 0.25) is 0 Å². The van der Waals surface area contributed by atoms with E-state index in [4.69, 9.17) is 5.73 Å². The predicted octanol–water partition coefficient (Wildman–Crippen LogP) is 2.53. The van der Waals surface area contributed by atoms with Gasteiger partial charge in [0, 0.05) is 6.20 Å². The molecule has 0 spiro atoms. The van der Waals surface area contributed by atoms with E-state index in [-0.39, 0.29) is 16.1 Å². The summed E-state index contributed by atoms with van der Waals surface area (Å²) in [6, 6.07) is 4.36. The van der Waals surface area contributed by atoms with Crippen LogP contribution in [-0.4, -0.2) is 13.4 Å². The quantitative estimate of drug-likeness (QED) is 0.853. The Morgan fingerprint density at radius 3 is 2.57 bits per heavy atom. The summed E-state index contributed by atoms with van der Waals surface area (Å²) in [6.07, 6.45) is 1.57. The number of halogens is 1. The Balaban J connectivity index is 2.56. The Bertz CT molecular complexity index is 804. The van der Waals surface area contributed by atoms with E-state index in [0.717, 1.165) is 6.07 Å². The Hall–Kier alpha value is -2.15. The summed E-state index contributed by atoms with van der Waals surface area (Å²) in [6.45, 7) is 4.70. The zero-order valence-electron chi connectivity index (χ0n) is 11.9. The van der Waals surface area contributed by atoms with Crippen LogP contribution in [-0.2, 0) is 10.0 Å². The summed E-state index contributed by atoms with van der Waals surface area (Å²) < 4.78 is 41.1. The minimum Gasteiger partial charge on any atom is -0.396 e. The molecule has 0 radical (unpaired) electrons. The molecule has 1 aromatic carbocycles. The predicted molar refractivity (Wildman–Crippen MR) is 80.1 cm³/mol. The number of hydrogen-bond acceptors (Lipinski definition) is 4. The Labute approximate surface area is 123 Å². The SMILES string of the molecule is Cc1cc(F)c(N)c(C)c1S(=O)(=O)Nc1cccnc1C. The van der Waals surface area contributed by atoms with E-state index in [1.165, 1.54) is 13.8 Å². The van der Waals surface area contributed by atoms with E-state index in [1.54, 1.807) is 25.3 Å². The van der Waals surface area contributed by atoms with Crippen molar-refractivity contribution in [2.75, 3.05) is 10.5 Å². The number of benzene rings is 1. The Morgan fingerprint density at radius 1 is 1.29 bits per heavy atom. The Morgan fingerprint density at radius 2 is 1.95 bits per heavy atom. The monoisotopic (exact) mass is 309 g/mol. The number of rotatable bonds is 3. The van der Waals surface area contributed by atoms with Gasteiger partial charge in [-0.15, -0.1) is 0 Å². The summed E-state index contributed by atoms with van der Waals surface area (Å²) in [5.41, 5.74) is 6.85. The van der Waals surface area contributed by atoms with Gasteiger partial charge in [0.25, 0.3) is 10.0 Å². The first kappa shape index (κ1) is 15.2. The van der Waals surface area contributed by atoms with E-state index in [2.05, 4.69) is 9.71 Å². The van der Waals surface area contributed by atoms with Gasteiger partial charge in [0.05, 0.1) is 22.0 Å². The van der Waals surface area contributed by atoms with Crippen LogP contribution >= 0.6 is 0 Å². The fraction of sp³-hybridized carbons (Fsp3) is 0.214. The van der Waals surface area contributed by atoms with Crippen LogP contribution in [0.25, 0.3) is 0 Å². The molecule has 7 heteroatoms. The maximum Gasteiger partial charge on any atom is 0.262 e. The van der Waals surface area contributed by atoms with Crippen molar-refractivity contribution in [2.45, 2.75) is 25.7 Å². The number of aryl methyl sites for hydroxylation is 2. The Kier molecular flexibility index (Phi) is 3.87. The molecule has 2 rings (SSSR count). The van der Waals surface area contributed by atoms with Crippen molar-refractivity contribution in [2.24, 2.45) is 0 Å². The van der Waals surface area contributed by atoms with Crippen molar-refractivity contribution in [3.63, 3.8) is 0 Å². The lowest BCUT2D eigenvalue weighted by atomic mass is 10.1. The first-order valence-electron chi connectivity index (χ1n) is 6.23. The van der Waals surface area contributed by atoms with Gasteiger partial charge in [-0.25, -0.2) is 12.8 Å². The highest BCUT2D eigenvalue weighted by Crippen LogP contribution is 2.29. The minimum atomic E-state index is -3.87. The second-order valence-electron chi connectivity index (χ2n) is 4.78. The molecular formula is C14H16FN3O2S. The number of nitrogens with one attached hydrogen (secondary N) is 1. The van der Waals surface area contributed by atoms with Gasteiger partial charge in [-0.05, 0) is 50.1 Å². The van der Waals surface area contributed by atoms with Crippen molar-refractivity contribution in [3.8, 4) is 0 Å². The fourth-order valence-corrected chi connectivity index (χ4v) is 3.74. The van der Waals surface area contributed by atoms with Crippen LogP contribution in [0.3, 0.4) is 0 Å².